The fourth-order valence-electron chi connectivity index (χ4n) is 5.00. The number of likely N-dealkylation sites (N-methyl/N-ethyl adjacent to an activating group) is 1. The Morgan fingerprint density at radius 1 is 0.762 bits per heavy atom. The molecule has 0 aromatic carbocycles. The van der Waals surface area contributed by atoms with Gasteiger partial charge < -0.3 is 4.90 Å². The fraction of sp³-hybridized carbons (Fsp3) is 1.00. The molecule has 0 spiro atoms. The maximum absolute atomic E-state index is 6.36. The van der Waals surface area contributed by atoms with Gasteiger partial charge in [0, 0.05) is 37.6 Å². The third kappa shape index (κ3) is 4.14. The highest BCUT2D eigenvalue weighted by molar-refractivity contribution is 6.20. The number of alkyl halides is 1. The molecule has 1 heterocycles. The maximum atomic E-state index is 6.36. The van der Waals surface area contributed by atoms with Gasteiger partial charge in [-0.05, 0) is 57.4 Å². The molecule has 2 nitrogen and oxygen atoms in total. The van der Waals surface area contributed by atoms with Crippen LogP contribution in [0.15, 0.2) is 0 Å². The van der Waals surface area contributed by atoms with Gasteiger partial charge in [-0.2, -0.15) is 0 Å². The predicted octanol–water partition coefficient (Wildman–Crippen LogP) is 3.98. The molecule has 3 heteroatoms. The summed E-state index contributed by atoms with van der Waals surface area (Å²) in [7, 11) is 2.27. The lowest BCUT2D eigenvalue weighted by Gasteiger charge is -2.47. The molecule has 0 N–H and O–H groups in total. The van der Waals surface area contributed by atoms with Crippen LogP contribution in [0, 0.1) is 11.8 Å². The molecule has 0 bridgehead atoms. The molecule has 0 radical (unpaired) electrons. The smallest absolute Gasteiger partial charge is 0.0336 e. The van der Waals surface area contributed by atoms with Crippen LogP contribution in [0.2, 0.25) is 0 Å². The highest BCUT2D eigenvalue weighted by Crippen LogP contribution is 2.39. The van der Waals surface area contributed by atoms with Gasteiger partial charge in [0.15, 0.2) is 0 Å². The van der Waals surface area contributed by atoms with Gasteiger partial charge in [0.05, 0.1) is 0 Å². The lowest BCUT2D eigenvalue weighted by Crippen LogP contribution is -2.54. The molecule has 2 aliphatic carbocycles. The third-order valence-electron chi connectivity index (χ3n) is 6.28. The molecular weight excluding hydrogens is 280 g/mol. The van der Waals surface area contributed by atoms with Crippen molar-refractivity contribution in [2.45, 2.75) is 69.2 Å². The Morgan fingerprint density at radius 3 is 1.95 bits per heavy atom. The standard InChI is InChI=1S/C18H33ClN2/c1-20-11-13-21(14-12-20)18(15-5-3-2-4-6-15)16-7-9-17(19)10-8-16/h15-18H,2-14H2,1H3. The molecule has 21 heavy (non-hydrogen) atoms. The highest BCUT2D eigenvalue weighted by atomic mass is 35.5. The van der Waals surface area contributed by atoms with Crippen molar-refractivity contribution < 1.29 is 0 Å². The molecule has 0 aromatic rings. The molecule has 1 saturated heterocycles. The first-order valence-electron chi connectivity index (χ1n) is 9.30. The Balaban J connectivity index is 1.67. The van der Waals surface area contributed by atoms with Gasteiger partial charge in [-0.3, -0.25) is 4.90 Å². The van der Waals surface area contributed by atoms with E-state index in [0.29, 0.717) is 5.38 Å². The number of piperazine rings is 1. The van der Waals surface area contributed by atoms with E-state index in [-0.39, 0.29) is 0 Å². The normalized spacial score (nSPS) is 35.7. The summed E-state index contributed by atoms with van der Waals surface area (Å²) in [5.41, 5.74) is 0. The van der Waals surface area contributed by atoms with Crippen LogP contribution in [0.1, 0.15) is 57.8 Å². The molecule has 3 aliphatic rings. The van der Waals surface area contributed by atoms with E-state index in [1.807, 2.05) is 0 Å². The van der Waals surface area contributed by atoms with Gasteiger partial charge in [-0.25, -0.2) is 0 Å². The molecule has 2 saturated carbocycles. The second-order valence-corrected chi connectivity index (χ2v) is 8.36. The first kappa shape index (κ1) is 16.1. The van der Waals surface area contributed by atoms with Gasteiger partial charge in [-0.15, -0.1) is 11.6 Å². The van der Waals surface area contributed by atoms with E-state index in [1.54, 1.807) is 0 Å². The van der Waals surface area contributed by atoms with Crippen molar-refractivity contribution in [1.29, 1.82) is 0 Å². The van der Waals surface area contributed by atoms with Crippen molar-refractivity contribution in [3.63, 3.8) is 0 Å². The third-order valence-corrected chi connectivity index (χ3v) is 6.71. The summed E-state index contributed by atoms with van der Waals surface area (Å²) in [4.78, 5) is 5.36. The lowest BCUT2D eigenvalue weighted by molar-refractivity contribution is 0.0231. The minimum absolute atomic E-state index is 0.459. The van der Waals surface area contributed by atoms with Crippen LogP contribution in [-0.2, 0) is 0 Å². The summed E-state index contributed by atoms with van der Waals surface area (Å²) < 4.78 is 0. The van der Waals surface area contributed by atoms with Crippen molar-refractivity contribution in [3.8, 4) is 0 Å². The van der Waals surface area contributed by atoms with E-state index in [2.05, 4.69) is 16.8 Å². The second-order valence-electron chi connectivity index (χ2n) is 7.74. The van der Waals surface area contributed by atoms with E-state index in [4.69, 9.17) is 11.6 Å². The Morgan fingerprint density at radius 2 is 1.33 bits per heavy atom. The Hall–Kier alpha value is 0.210. The maximum Gasteiger partial charge on any atom is 0.0336 e. The summed E-state index contributed by atoms with van der Waals surface area (Å²) in [5.74, 6) is 1.89. The van der Waals surface area contributed by atoms with Crippen molar-refractivity contribution in [1.82, 2.24) is 9.80 Å². The highest BCUT2D eigenvalue weighted by Gasteiger charge is 2.37. The summed E-state index contributed by atoms with van der Waals surface area (Å²) >= 11 is 6.36. The van der Waals surface area contributed by atoms with Gasteiger partial charge in [0.25, 0.3) is 0 Å². The van der Waals surface area contributed by atoms with E-state index >= 15 is 0 Å². The largest absolute Gasteiger partial charge is 0.304 e. The summed E-state index contributed by atoms with van der Waals surface area (Å²) in [6.07, 6.45) is 12.6. The van der Waals surface area contributed by atoms with Crippen LogP contribution in [0.4, 0.5) is 0 Å². The van der Waals surface area contributed by atoms with E-state index < -0.39 is 0 Å². The van der Waals surface area contributed by atoms with Crippen molar-refractivity contribution in [3.05, 3.63) is 0 Å². The van der Waals surface area contributed by atoms with Crippen molar-refractivity contribution >= 4 is 11.6 Å². The minimum atomic E-state index is 0.459. The van der Waals surface area contributed by atoms with Crippen LogP contribution < -0.4 is 0 Å². The topological polar surface area (TPSA) is 6.48 Å². The fourth-order valence-corrected chi connectivity index (χ4v) is 5.25. The number of hydrogen-bond acceptors (Lipinski definition) is 2. The molecule has 0 amide bonds. The van der Waals surface area contributed by atoms with Gasteiger partial charge in [0.1, 0.15) is 0 Å². The zero-order valence-corrected chi connectivity index (χ0v) is 14.5. The lowest BCUT2D eigenvalue weighted by atomic mass is 9.73. The monoisotopic (exact) mass is 312 g/mol. The summed E-state index contributed by atoms with van der Waals surface area (Å²) in [5, 5.41) is 0.459. The number of rotatable bonds is 3. The number of halogens is 1. The van der Waals surface area contributed by atoms with E-state index in [9.17, 15) is 0 Å². The molecule has 3 fully saturated rings. The molecular formula is C18H33ClN2. The predicted molar refractivity (Wildman–Crippen MR) is 91.0 cm³/mol. The van der Waals surface area contributed by atoms with Crippen LogP contribution in [0.5, 0.6) is 0 Å². The SMILES string of the molecule is CN1CCN(C(C2CCCCC2)C2CCC(Cl)CC2)CC1. The Bertz CT molecular complexity index is 278. The number of nitrogens with zero attached hydrogens (tertiary/aromatic N) is 2. The van der Waals surface area contributed by atoms with Crippen LogP contribution in [0.25, 0.3) is 0 Å². The van der Waals surface area contributed by atoms with Crippen LogP contribution >= 0.6 is 11.6 Å². The van der Waals surface area contributed by atoms with Gasteiger partial charge in [-0.1, -0.05) is 19.3 Å². The average Bonchev–Trinajstić information content (AvgIpc) is 2.52. The molecule has 0 aromatic heterocycles. The molecule has 1 aliphatic heterocycles. The molecule has 1 unspecified atom stereocenters. The van der Waals surface area contributed by atoms with Crippen molar-refractivity contribution in [2.75, 3.05) is 33.2 Å². The zero-order chi connectivity index (χ0) is 14.7. The summed E-state index contributed by atoms with van der Waals surface area (Å²) in [6.45, 7) is 5.10. The average molecular weight is 313 g/mol. The first-order chi connectivity index (χ1) is 10.2. The van der Waals surface area contributed by atoms with E-state index in [0.717, 1.165) is 17.9 Å². The van der Waals surface area contributed by atoms with Gasteiger partial charge in [0.2, 0.25) is 0 Å². The number of hydrogen-bond donors (Lipinski definition) is 0. The molecule has 122 valence electrons. The molecule has 3 rings (SSSR count). The summed E-state index contributed by atoms with van der Waals surface area (Å²) in [6, 6.07) is 0.864. The Kier molecular flexibility index (Phi) is 5.86. The quantitative estimate of drug-likeness (QED) is 0.727. The Labute approximate surface area is 136 Å². The van der Waals surface area contributed by atoms with Gasteiger partial charge >= 0.3 is 0 Å². The molecule has 1 atom stereocenters. The zero-order valence-electron chi connectivity index (χ0n) is 13.8. The minimum Gasteiger partial charge on any atom is -0.304 e. The van der Waals surface area contributed by atoms with Crippen LogP contribution in [-0.4, -0.2) is 54.4 Å². The first-order valence-corrected chi connectivity index (χ1v) is 9.74. The second kappa shape index (κ2) is 7.66. The van der Waals surface area contributed by atoms with Crippen LogP contribution in [0.3, 0.4) is 0 Å². The van der Waals surface area contributed by atoms with Crippen molar-refractivity contribution in [2.24, 2.45) is 11.8 Å². The van der Waals surface area contributed by atoms with E-state index in [1.165, 1.54) is 84.0 Å².